The first-order valence-electron chi connectivity index (χ1n) is 1.08. The van der Waals surface area contributed by atoms with E-state index >= 15 is 0 Å². The molecule has 26 valence electrons. The molecule has 0 N–H and O–H groups in total. The van der Waals surface area contributed by atoms with E-state index in [0.717, 1.165) is 0 Å². The summed E-state index contributed by atoms with van der Waals surface area (Å²) in [5.74, 6) is 0. The quantitative estimate of drug-likeness (QED) is 0.304. The van der Waals surface area contributed by atoms with Crippen LogP contribution in [0.3, 0.4) is 0 Å². The molecule has 0 atom stereocenters. The molecule has 0 amide bonds. The first-order valence-corrected chi connectivity index (χ1v) is 2.08. The molecule has 0 bridgehead atoms. The lowest BCUT2D eigenvalue weighted by Gasteiger charge is -1.56. The van der Waals surface area contributed by atoms with E-state index in [1.165, 1.54) is 0 Å². The molecule has 0 saturated heterocycles. The average Bonchev–Trinajstić information content (AvgIpc) is 1.41. The number of hydrogen-bond donors (Lipinski definition) is 0. The van der Waals surface area contributed by atoms with Crippen molar-refractivity contribution in [2.45, 2.75) is 0 Å². The van der Waals surface area contributed by atoms with E-state index in [2.05, 4.69) is 11.3 Å². The Morgan fingerprint density at radius 1 is 1.40 bits per heavy atom. The number of rotatable bonds is 0. The van der Waals surface area contributed by atoms with E-state index in [-0.39, 0.29) is 10.0 Å². The van der Waals surface area contributed by atoms with Crippen molar-refractivity contribution < 1.29 is 1.43 Å². The van der Waals surface area contributed by atoms with Crippen molar-refractivity contribution in [2.24, 2.45) is 0 Å². The highest BCUT2D eigenvalue weighted by molar-refractivity contribution is 7.49. The number of hydrogen-bond acceptors (Lipinski definition) is 0. The molecular weight excluding hydrogens is 79.0 g/mol. The minimum absolute atomic E-state index is 0. The van der Waals surface area contributed by atoms with Crippen LogP contribution in [0.5, 0.6) is 0 Å². The van der Waals surface area contributed by atoms with Crippen LogP contribution in [0.15, 0.2) is 0 Å². The fraction of sp³-hybridized carbons (Fsp3) is 0. The van der Waals surface area contributed by atoms with Crippen LogP contribution >= 0.6 is 8.58 Å². The fourth-order valence-electron chi connectivity index (χ4n) is 0.0417. The van der Waals surface area contributed by atoms with E-state index in [0.29, 0.717) is 0 Å². The molecule has 0 aliphatic rings. The smallest absolute Gasteiger partial charge is 0.0352 e. The molecule has 0 unspecified atom stereocenters. The van der Waals surface area contributed by atoms with Crippen molar-refractivity contribution in [3.8, 4) is 24.2 Å². The zero-order valence-electron chi connectivity index (χ0n) is 2.65. The van der Waals surface area contributed by atoms with Gasteiger partial charge in [0.15, 0.2) is 0 Å². The van der Waals surface area contributed by atoms with Crippen molar-refractivity contribution in [3.05, 3.63) is 0 Å². The zero-order chi connectivity index (χ0) is 4.12. The van der Waals surface area contributed by atoms with Gasteiger partial charge in [-0.15, -0.1) is 12.8 Å². The lowest BCUT2D eigenvalue weighted by Crippen LogP contribution is -1.23. The molecule has 0 aliphatic heterocycles. The van der Waals surface area contributed by atoms with Gasteiger partial charge in [-0.2, -0.15) is 0 Å². The summed E-state index contributed by atoms with van der Waals surface area (Å²) in [7, 11) is 0.253. The van der Waals surface area contributed by atoms with Crippen molar-refractivity contribution >= 4 is 8.58 Å². The Morgan fingerprint density at radius 2 is 1.80 bits per heavy atom. The predicted octanol–water partition coefficient (Wildman–Crippen LogP) is 1.09. The summed E-state index contributed by atoms with van der Waals surface area (Å²) in [5.41, 5.74) is 4.62. The van der Waals surface area contributed by atoms with Gasteiger partial charge in [-0.1, -0.05) is 11.3 Å². The van der Waals surface area contributed by atoms with Crippen molar-refractivity contribution in [2.75, 3.05) is 0 Å². The average molecular weight is 84.1 g/mol. The second kappa shape index (κ2) is 3.55. The van der Waals surface area contributed by atoms with Crippen LogP contribution < -0.4 is 0 Å². The highest BCUT2D eigenvalue weighted by Crippen LogP contribution is 1.97. The molecule has 0 heterocycles. The van der Waals surface area contributed by atoms with E-state index in [9.17, 15) is 0 Å². The Morgan fingerprint density at radius 3 is 1.80 bits per heavy atom. The van der Waals surface area contributed by atoms with Crippen molar-refractivity contribution in [1.29, 1.82) is 0 Å². The Balaban J connectivity index is 0. The summed E-state index contributed by atoms with van der Waals surface area (Å²) in [4.78, 5) is 0. The lowest BCUT2D eigenvalue weighted by molar-refractivity contribution is 3.00. The van der Waals surface area contributed by atoms with Gasteiger partial charge in [0.25, 0.3) is 0 Å². The molecule has 0 aromatic carbocycles. The maximum absolute atomic E-state index is 4.76. The summed E-state index contributed by atoms with van der Waals surface area (Å²) in [6, 6.07) is 0. The third kappa shape index (κ3) is 3.55. The second-order valence-electron chi connectivity index (χ2n) is 0.414. The van der Waals surface area contributed by atoms with Crippen molar-refractivity contribution in [1.82, 2.24) is 0 Å². The molecule has 0 spiro atoms. The largest absolute Gasteiger partial charge is 0.115 e. The van der Waals surface area contributed by atoms with Crippen LogP contribution in [0.4, 0.5) is 0 Å². The Bertz CT molecular complexity index is 72.7. The van der Waals surface area contributed by atoms with E-state index in [1.54, 1.807) is 0 Å². The summed E-state index contributed by atoms with van der Waals surface area (Å²) in [6.07, 6.45) is 9.52. The van der Waals surface area contributed by atoms with E-state index in [1.807, 2.05) is 0 Å². The van der Waals surface area contributed by atoms with E-state index in [4.69, 9.17) is 12.8 Å². The van der Waals surface area contributed by atoms with Crippen molar-refractivity contribution in [3.63, 3.8) is 0 Å². The maximum Gasteiger partial charge on any atom is 0.0352 e. The van der Waals surface area contributed by atoms with Crippen LogP contribution in [-0.2, 0) is 0 Å². The van der Waals surface area contributed by atoms with Gasteiger partial charge in [0.05, 0.1) is 0 Å². The standard InChI is InChI=1S/C4H3P.H2/c1-3-5-4-2;/h1-2,5H;1H. The second-order valence-corrected chi connectivity index (χ2v) is 1.24. The summed E-state index contributed by atoms with van der Waals surface area (Å²) in [6.45, 7) is 0. The normalized spacial score (nSPS) is 4.40. The third-order valence-corrected chi connectivity index (χ3v) is 0.433. The fourth-order valence-corrected chi connectivity index (χ4v) is 0.125. The SMILES string of the molecule is C#CPC#C.[HH]. The zero-order valence-corrected chi connectivity index (χ0v) is 3.65. The topological polar surface area (TPSA) is 0 Å². The van der Waals surface area contributed by atoms with Gasteiger partial charge in [-0.25, -0.2) is 0 Å². The van der Waals surface area contributed by atoms with E-state index < -0.39 is 0 Å². The Kier molecular flexibility index (Phi) is 3.23. The first-order chi connectivity index (χ1) is 2.41. The molecule has 0 aliphatic carbocycles. The Labute approximate surface area is 35.2 Å². The molecule has 0 rings (SSSR count). The molecule has 0 aromatic heterocycles. The molecule has 1 heteroatoms. The van der Waals surface area contributed by atoms with Gasteiger partial charge in [-0.3, -0.25) is 0 Å². The predicted molar refractivity (Wildman–Crippen MR) is 28.1 cm³/mol. The van der Waals surface area contributed by atoms with Gasteiger partial charge in [0.1, 0.15) is 0 Å². The minimum atomic E-state index is 0. The molecular formula is C4H5P. The highest BCUT2D eigenvalue weighted by Gasteiger charge is 1.50. The maximum atomic E-state index is 4.76. The van der Waals surface area contributed by atoms with Gasteiger partial charge < -0.3 is 0 Å². The third-order valence-electron chi connectivity index (χ3n) is 0.144. The summed E-state index contributed by atoms with van der Waals surface area (Å²) in [5, 5.41) is 0. The first kappa shape index (κ1) is 4.55. The van der Waals surface area contributed by atoms with Gasteiger partial charge >= 0.3 is 0 Å². The molecule has 0 fully saturated rings. The Hall–Kier alpha value is -0.450. The molecule has 0 nitrogen and oxygen atoms in total. The number of terminal acetylenes is 2. The summed E-state index contributed by atoms with van der Waals surface area (Å²) < 4.78 is 0. The van der Waals surface area contributed by atoms with Gasteiger partial charge in [-0.05, 0) is 0 Å². The molecule has 0 radical (unpaired) electrons. The van der Waals surface area contributed by atoms with Crippen LogP contribution in [0.2, 0.25) is 0 Å². The van der Waals surface area contributed by atoms with Crippen LogP contribution in [0.1, 0.15) is 1.43 Å². The van der Waals surface area contributed by atoms with Crippen LogP contribution in [-0.4, -0.2) is 0 Å². The highest BCUT2D eigenvalue weighted by atomic mass is 31.1. The summed E-state index contributed by atoms with van der Waals surface area (Å²) >= 11 is 0. The molecule has 0 saturated carbocycles. The minimum Gasteiger partial charge on any atom is -0.115 e. The molecule has 5 heavy (non-hydrogen) atoms. The lowest BCUT2D eigenvalue weighted by atomic mass is 11.4. The van der Waals surface area contributed by atoms with Crippen LogP contribution in [0.25, 0.3) is 0 Å². The monoisotopic (exact) mass is 84.0 g/mol. The van der Waals surface area contributed by atoms with Crippen LogP contribution in [0, 0.1) is 24.2 Å². The molecule has 0 aromatic rings. The van der Waals surface area contributed by atoms with Gasteiger partial charge in [0.2, 0.25) is 0 Å². The van der Waals surface area contributed by atoms with Gasteiger partial charge in [0, 0.05) is 10.0 Å².